The van der Waals surface area contributed by atoms with Crippen LogP contribution in [0, 0.1) is 0 Å². The van der Waals surface area contributed by atoms with Gasteiger partial charge in [0, 0.05) is 41.7 Å². The molecule has 0 aliphatic carbocycles. The molecule has 0 spiro atoms. The molecule has 0 saturated carbocycles. The first kappa shape index (κ1) is 28.9. The molecule has 3 N–H and O–H groups in total. The van der Waals surface area contributed by atoms with Gasteiger partial charge in [-0.1, -0.05) is 60.7 Å². The lowest BCUT2D eigenvalue weighted by atomic mass is 10.0. The predicted octanol–water partition coefficient (Wildman–Crippen LogP) is 5.80. The van der Waals surface area contributed by atoms with Gasteiger partial charge in [0.15, 0.2) is 0 Å². The molecule has 5 aromatic rings. The van der Waals surface area contributed by atoms with Gasteiger partial charge in [-0.15, -0.1) is 0 Å². The van der Waals surface area contributed by atoms with Gasteiger partial charge in [0.1, 0.15) is 17.5 Å². The minimum absolute atomic E-state index is 0.255. The molecule has 1 heterocycles. The van der Waals surface area contributed by atoms with Crippen molar-refractivity contribution in [2.45, 2.75) is 19.0 Å². The monoisotopic (exact) mass is 573 g/mol. The first-order chi connectivity index (χ1) is 21.0. The van der Waals surface area contributed by atoms with E-state index in [4.69, 9.17) is 9.47 Å². The fourth-order valence-electron chi connectivity index (χ4n) is 4.60. The molecule has 0 bridgehead atoms. The van der Waals surface area contributed by atoms with E-state index in [0.29, 0.717) is 11.3 Å². The lowest BCUT2D eigenvalue weighted by molar-refractivity contribution is -0.142. The number of carbonyl (C=O) groups is 3. The second-order valence-electron chi connectivity index (χ2n) is 9.85. The average molecular weight is 574 g/mol. The Morgan fingerprint density at radius 1 is 0.860 bits per heavy atom. The van der Waals surface area contributed by atoms with Crippen molar-refractivity contribution in [2.75, 3.05) is 7.11 Å². The topological polar surface area (TPSA) is 110 Å². The van der Waals surface area contributed by atoms with Gasteiger partial charge in [0.2, 0.25) is 5.91 Å². The summed E-state index contributed by atoms with van der Waals surface area (Å²) in [5.74, 6) is 0.232. The summed E-state index contributed by atoms with van der Waals surface area (Å²) in [5, 5.41) is 6.62. The van der Waals surface area contributed by atoms with E-state index in [-0.39, 0.29) is 18.9 Å². The highest BCUT2D eigenvalue weighted by Crippen LogP contribution is 2.22. The summed E-state index contributed by atoms with van der Waals surface area (Å²) in [7, 11) is 1.30. The highest BCUT2D eigenvalue weighted by molar-refractivity contribution is 5.97. The van der Waals surface area contributed by atoms with Crippen molar-refractivity contribution in [1.29, 1.82) is 0 Å². The van der Waals surface area contributed by atoms with E-state index in [2.05, 4.69) is 15.6 Å². The zero-order chi connectivity index (χ0) is 30.0. The molecular formula is C35H31N3O5. The summed E-state index contributed by atoms with van der Waals surface area (Å²) >= 11 is 0. The predicted molar refractivity (Wildman–Crippen MR) is 166 cm³/mol. The molecule has 0 radical (unpaired) electrons. The van der Waals surface area contributed by atoms with Crippen LogP contribution in [0.1, 0.15) is 27.0 Å². The Balaban J connectivity index is 1.14. The van der Waals surface area contributed by atoms with Crippen molar-refractivity contribution >= 4 is 34.8 Å². The van der Waals surface area contributed by atoms with Crippen LogP contribution in [0.4, 0.5) is 0 Å². The first-order valence-corrected chi connectivity index (χ1v) is 13.8. The Morgan fingerprint density at radius 3 is 2.40 bits per heavy atom. The van der Waals surface area contributed by atoms with Crippen molar-refractivity contribution in [3.05, 3.63) is 138 Å². The third-order valence-electron chi connectivity index (χ3n) is 6.84. The summed E-state index contributed by atoms with van der Waals surface area (Å²) in [4.78, 5) is 41.1. The number of fused-ring (bicyclic) bond motifs is 1. The number of aromatic amines is 1. The molecule has 2 amide bonds. The molecule has 43 heavy (non-hydrogen) atoms. The van der Waals surface area contributed by atoms with Crippen molar-refractivity contribution in [3.8, 4) is 11.5 Å². The number of rotatable bonds is 11. The van der Waals surface area contributed by atoms with Crippen LogP contribution >= 0.6 is 0 Å². The molecule has 4 aromatic carbocycles. The minimum atomic E-state index is -0.854. The Morgan fingerprint density at radius 2 is 1.60 bits per heavy atom. The third kappa shape index (κ3) is 7.77. The van der Waals surface area contributed by atoms with Gasteiger partial charge in [-0.05, 0) is 65.2 Å². The molecular weight excluding hydrogens is 542 g/mol. The van der Waals surface area contributed by atoms with E-state index < -0.39 is 17.9 Å². The number of benzene rings is 4. The van der Waals surface area contributed by atoms with Crippen molar-refractivity contribution in [3.63, 3.8) is 0 Å². The Kier molecular flexibility index (Phi) is 9.29. The number of methoxy groups -OCH3 is 1. The molecule has 5 rings (SSSR count). The van der Waals surface area contributed by atoms with E-state index in [1.165, 1.54) is 13.2 Å². The van der Waals surface area contributed by atoms with Gasteiger partial charge < -0.3 is 25.1 Å². The molecule has 0 aliphatic rings. The largest absolute Gasteiger partial charge is 0.467 e. The smallest absolute Gasteiger partial charge is 0.328 e. The quantitative estimate of drug-likeness (QED) is 0.137. The second-order valence-corrected chi connectivity index (χ2v) is 9.85. The van der Waals surface area contributed by atoms with Crippen LogP contribution in [0.3, 0.4) is 0 Å². The Bertz CT molecular complexity index is 1740. The number of carbonyl (C=O) groups excluding carboxylic acids is 3. The van der Waals surface area contributed by atoms with Gasteiger partial charge in [-0.2, -0.15) is 0 Å². The maximum Gasteiger partial charge on any atom is 0.328 e. The second kappa shape index (κ2) is 13.8. The summed E-state index contributed by atoms with van der Waals surface area (Å²) < 4.78 is 10.8. The van der Waals surface area contributed by atoms with E-state index in [1.807, 2.05) is 85.1 Å². The highest BCUT2D eigenvalue weighted by Gasteiger charge is 2.24. The number of nitrogens with one attached hydrogen (secondary N) is 3. The zero-order valence-electron chi connectivity index (χ0n) is 23.6. The summed E-state index contributed by atoms with van der Waals surface area (Å²) in [6.07, 6.45) is 5.30. The molecule has 8 heteroatoms. The first-order valence-electron chi connectivity index (χ1n) is 13.8. The molecule has 1 aromatic heterocycles. The number of esters is 1. The minimum Gasteiger partial charge on any atom is -0.467 e. The van der Waals surface area contributed by atoms with Gasteiger partial charge >= 0.3 is 5.97 Å². The fourth-order valence-corrected chi connectivity index (χ4v) is 4.60. The van der Waals surface area contributed by atoms with Crippen molar-refractivity contribution in [2.24, 2.45) is 0 Å². The van der Waals surface area contributed by atoms with Gasteiger partial charge in [0.25, 0.3) is 5.91 Å². The number of para-hydroxylation sites is 2. The highest BCUT2D eigenvalue weighted by atomic mass is 16.5. The third-order valence-corrected chi connectivity index (χ3v) is 6.84. The fraction of sp³-hybridized carbons (Fsp3) is 0.114. The van der Waals surface area contributed by atoms with Gasteiger partial charge in [-0.25, -0.2) is 4.79 Å². The van der Waals surface area contributed by atoms with Gasteiger partial charge in [-0.3, -0.25) is 9.59 Å². The summed E-state index contributed by atoms with van der Waals surface area (Å²) in [6.45, 7) is 0.285. The van der Waals surface area contributed by atoms with Crippen LogP contribution in [0.25, 0.3) is 17.0 Å². The Hall–Kier alpha value is -5.63. The van der Waals surface area contributed by atoms with Crippen LogP contribution in [-0.4, -0.2) is 35.9 Å². The standard InChI is InChI=1S/C35H31N3O5/c1-42-35(41)32(21-27-23-36-31-13-6-5-12-30(27)31)38-34(40)26-17-14-25(15-18-26)22-37-33(39)19-16-24-8-7-11-29(20-24)43-28-9-3-2-4-10-28/h2-20,23,32,36H,21-22H2,1H3,(H,37,39)(H,38,40)/t32-/m0/s1. The normalized spacial score (nSPS) is 11.7. The van der Waals surface area contributed by atoms with E-state index in [1.54, 1.807) is 30.3 Å². The molecule has 1 atom stereocenters. The maximum absolute atomic E-state index is 13.0. The van der Waals surface area contributed by atoms with E-state index >= 15 is 0 Å². The van der Waals surface area contributed by atoms with Gasteiger partial charge in [0.05, 0.1) is 7.11 Å². The number of hydrogen-bond donors (Lipinski definition) is 3. The Labute approximate surface area is 249 Å². The molecule has 0 saturated heterocycles. The maximum atomic E-state index is 13.0. The van der Waals surface area contributed by atoms with Crippen LogP contribution in [0.2, 0.25) is 0 Å². The van der Waals surface area contributed by atoms with E-state index in [9.17, 15) is 14.4 Å². The van der Waals surface area contributed by atoms with Crippen LogP contribution in [-0.2, 0) is 27.3 Å². The molecule has 0 unspecified atom stereocenters. The van der Waals surface area contributed by atoms with Crippen LogP contribution in [0.15, 0.2) is 115 Å². The SMILES string of the molecule is COC(=O)[C@H](Cc1c[nH]c2ccccc12)NC(=O)c1ccc(CNC(=O)C=Cc2cccc(Oc3ccccc3)c2)cc1. The number of H-pyrrole nitrogens is 1. The lowest BCUT2D eigenvalue weighted by Gasteiger charge is -2.16. The lowest BCUT2D eigenvalue weighted by Crippen LogP contribution is -2.43. The van der Waals surface area contributed by atoms with E-state index in [0.717, 1.165) is 33.3 Å². The number of hydrogen-bond acceptors (Lipinski definition) is 5. The molecule has 8 nitrogen and oxygen atoms in total. The van der Waals surface area contributed by atoms with Crippen molar-refractivity contribution < 1.29 is 23.9 Å². The number of ether oxygens (including phenoxy) is 2. The summed E-state index contributed by atoms with van der Waals surface area (Å²) in [5.41, 5.74) is 3.89. The molecule has 216 valence electrons. The zero-order valence-corrected chi connectivity index (χ0v) is 23.6. The average Bonchev–Trinajstić information content (AvgIpc) is 3.45. The molecule has 0 fully saturated rings. The summed E-state index contributed by atoms with van der Waals surface area (Å²) in [6, 6.07) is 30.7. The van der Waals surface area contributed by atoms with Crippen LogP contribution < -0.4 is 15.4 Å². The van der Waals surface area contributed by atoms with Crippen LogP contribution in [0.5, 0.6) is 11.5 Å². The number of amides is 2. The number of aromatic nitrogens is 1. The molecule has 0 aliphatic heterocycles. The van der Waals surface area contributed by atoms with Crippen molar-refractivity contribution in [1.82, 2.24) is 15.6 Å².